The predicted molar refractivity (Wildman–Crippen MR) is 94.9 cm³/mol. The maximum Gasteiger partial charge on any atom is 0.411 e. The number of carbonyl (C=O) groups excluding carboxylic acids is 1. The highest BCUT2D eigenvalue weighted by Gasteiger charge is 2.42. The van der Waals surface area contributed by atoms with Crippen LogP contribution in [0.3, 0.4) is 0 Å². The van der Waals surface area contributed by atoms with Gasteiger partial charge in [-0.3, -0.25) is 4.90 Å². The summed E-state index contributed by atoms with van der Waals surface area (Å²) in [4.78, 5) is 25.6. The number of amides is 1. The van der Waals surface area contributed by atoms with Gasteiger partial charge in [-0.15, -0.1) is 0 Å². The van der Waals surface area contributed by atoms with Crippen LogP contribution in [-0.4, -0.2) is 35.2 Å². The number of methoxy groups -OCH3 is 1. The van der Waals surface area contributed by atoms with Crippen molar-refractivity contribution >= 4 is 12.1 Å². The Bertz CT molecular complexity index is 760. The van der Waals surface area contributed by atoms with Crippen molar-refractivity contribution in [3.8, 4) is 5.75 Å². The minimum Gasteiger partial charge on any atom is -0.497 e. The summed E-state index contributed by atoms with van der Waals surface area (Å²) in [5, 5.41) is 9.50. The highest BCUT2D eigenvalue weighted by atomic mass is 16.6. The highest BCUT2D eigenvalue weighted by molar-refractivity contribution is 5.81. The first-order chi connectivity index (χ1) is 12.6. The molecule has 0 saturated carbocycles. The lowest BCUT2D eigenvalue weighted by atomic mass is 10.0. The Kier molecular flexibility index (Phi) is 5.41. The molecule has 0 aliphatic carbocycles. The van der Waals surface area contributed by atoms with Crippen LogP contribution in [0.15, 0.2) is 54.6 Å². The van der Waals surface area contributed by atoms with Crippen molar-refractivity contribution in [1.29, 1.82) is 0 Å². The van der Waals surface area contributed by atoms with Crippen molar-refractivity contribution in [2.45, 2.75) is 31.5 Å². The van der Waals surface area contributed by atoms with Gasteiger partial charge < -0.3 is 14.6 Å². The van der Waals surface area contributed by atoms with Gasteiger partial charge in [0.2, 0.25) is 0 Å². The summed E-state index contributed by atoms with van der Waals surface area (Å²) in [7, 11) is 1.58. The van der Waals surface area contributed by atoms with Crippen LogP contribution in [0.5, 0.6) is 5.75 Å². The lowest BCUT2D eigenvalue weighted by Crippen LogP contribution is -2.42. The summed E-state index contributed by atoms with van der Waals surface area (Å²) in [5.41, 5.74) is 1.72. The molecule has 3 rings (SSSR count). The molecule has 26 heavy (non-hydrogen) atoms. The summed E-state index contributed by atoms with van der Waals surface area (Å²) < 4.78 is 10.5. The van der Waals surface area contributed by atoms with Crippen molar-refractivity contribution in [3.63, 3.8) is 0 Å². The van der Waals surface area contributed by atoms with E-state index in [0.717, 1.165) is 11.1 Å². The van der Waals surface area contributed by atoms with Gasteiger partial charge in [0.25, 0.3) is 0 Å². The number of carboxylic acid groups (broad SMARTS) is 1. The van der Waals surface area contributed by atoms with Gasteiger partial charge in [-0.05, 0) is 36.1 Å². The molecule has 1 aliphatic rings. The molecule has 136 valence electrons. The average Bonchev–Trinajstić information content (AvgIpc) is 3.12. The van der Waals surface area contributed by atoms with E-state index in [1.165, 1.54) is 4.90 Å². The second-order valence-electron chi connectivity index (χ2n) is 6.17. The maximum absolute atomic E-state index is 12.7. The number of likely N-dealkylation sites (tertiary alicyclic amines) is 1. The van der Waals surface area contributed by atoms with Crippen molar-refractivity contribution in [3.05, 3.63) is 65.7 Å². The molecule has 0 spiro atoms. The van der Waals surface area contributed by atoms with Crippen LogP contribution < -0.4 is 4.74 Å². The number of carboxylic acids is 1. The van der Waals surface area contributed by atoms with Crippen LogP contribution >= 0.6 is 0 Å². The second kappa shape index (κ2) is 7.91. The molecule has 2 atom stereocenters. The first-order valence-electron chi connectivity index (χ1n) is 8.46. The van der Waals surface area contributed by atoms with Gasteiger partial charge >= 0.3 is 12.1 Å². The van der Waals surface area contributed by atoms with E-state index >= 15 is 0 Å². The fourth-order valence-electron chi connectivity index (χ4n) is 3.26. The average molecular weight is 355 g/mol. The molecule has 1 saturated heterocycles. The quantitative estimate of drug-likeness (QED) is 0.886. The molecule has 1 amide bonds. The molecule has 2 unspecified atom stereocenters. The van der Waals surface area contributed by atoms with Crippen LogP contribution in [0.25, 0.3) is 0 Å². The monoisotopic (exact) mass is 355 g/mol. The number of nitrogens with zero attached hydrogens (tertiary/aromatic N) is 1. The standard InChI is InChI=1S/C20H21NO5/c1-25-16-9-7-15(8-10-16)17-11-12-18(19(22)23)21(17)20(24)26-13-14-5-3-2-4-6-14/h2-10,17-18H,11-13H2,1H3,(H,22,23). The third-order valence-corrected chi connectivity index (χ3v) is 4.59. The van der Waals surface area contributed by atoms with Gasteiger partial charge in [-0.25, -0.2) is 9.59 Å². The van der Waals surface area contributed by atoms with Crippen LogP contribution in [0.1, 0.15) is 30.0 Å². The Morgan fingerprint density at radius 3 is 2.38 bits per heavy atom. The topological polar surface area (TPSA) is 76.1 Å². The van der Waals surface area contributed by atoms with E-state index in [1.807, 2.05) is 42.5 Å². The molecule has 0 radical (unpaired) electrons. The molecular formula is C20H21NO5. The highest BCUT2D eigenvalue weighted by Crippen LogP contribution is 2.37. The maximum atomic E-state index is 12.7. The molecule has 0 aromatic heterocycles. The zero-order chi connectivity index (χ0) is 18.5. The van der Waals surface area contributed by atoms with E-state index in [9.17, 15) is 14.7 Å². The Morgan fingerprint density at radius 2 is 1.77 bits per heavy atom. The first kappa shape index (κ1) is 17.8. The van der Waals surface area contributed by atoms with E-state index in [1.54, 1.807) is 19.2 Å². The van der Waals surface area contributed by atoms with E-state index in [2.05, 4.69) is 0 Å². The third-order valence-electron chi connectivity index (χ3n) is 4.59. The summed E-state index contributed by atoms with van der Waals surface area (Å²) in [6.45, 7) is 0.109. The molecule has 1 aliphatic heterocycles. The lowest BCUT2D eigenvalue weighted by molar-refractivity contribution is -0.142. The SMILES string of the molecule is COc1ccc(C2CCC(C(=O)O)N2C(=O)OCc2ccccc2)cc1. The molecule has 2 aromatic rings. The molecule has 1 heterocycles. The van der Waals surface area contributed by atoms with Crippen molar-refractivity contribution in [1.82, 2.24) is 4.90 Å². The van der Waals surface area contributed by atoms with Gasteiger partial charge in [-0.2, -0.15) is 0 Å². The largest absolute Gasteiger partial charge is 0.497 e. The summed E-state index contributed by atoms with van der Waals surface area (Å²) in [5.74, 6) is -0.308. The van der Waals surface area contributed by atoms with Crippen LogP contribution in [0.4, 0.5) is 4.79 Å². The van der Waals surface area contributed by atoms with Crippen molar-refractivity contribution in [2.24, 2.45) is 0 Å². The Balaban J connectivity index is 1.77. The predicted octanol–water partition coefficient (Wildman–Crippen LogP) is 3.62. The fraction of sp³-hybridized carbons (Fsp3) is 0.300. The molecule has 6 heteroatoms. The zero-order valence-electron chi connectivity index (χ0n) is 14.5. The Hall–Kier alpha value is -3.02. The molecule has 1 N–H and O–H groups in total. The minimum absolute atomic E-state index is 0.109. The summed E-state index contributed by atoms with van der Waals surface area (Å²) >= 11 is 0. The van der Waals surface area contributed by atoms with E-state index in [4.69, 9.17) is 9.47 Å². The molecule has 2 aromatic carbocycles. The first-order valence-corrected chi connectivity index (χ1v) is 8.46. The summed E-state index contributed by atoms with van der Waals surface area (Å²) in [6, 6.07) is 15.4. The molecule has 1 fully saturated rings. The van der Waals surface area contributed by atoms with Gasteiger partial charge in [0.05, 0.1) is 13.2 Å². The molecule has 6 nitrogen and oxygen atoms in total. The van der Waals surface area contributed by atoms with Crippen molar-refractivity contribution < 1.29 is 24.2 Å². The van der Waals surface area contributed by atoms with Crippen molar-refractivity contribution in [2.75, 3.05) is 7.11 Å². The second-order valence-corrected chi connectivity index (χ2v) is 6.17. The van der Waals surface area contributed by atoms with E-state index < -0.39 is 18.1 Å². The normalized spacial score (nSPS) is 19.2. The third kappa shape index (κ3) is 3.79. The van der Waals surface area contributed by atoms with Gasteiger partial charge in [-0.1, -0.05) is 42.5 Å². The van der Waals surface area contributed by atoms with E-state index in [-0.39, 0.29) is 12.6 Å². The Labute approximate surface area is 152 Å². The van der Waals surface area contributed by atoms with Crippen LogP contribution in [0, 0.1) is 0 Å². The minimum atomic E-state index is -1.02. The van der Waals surface area contributed by atoms with Crippen LogP contribution in [0.2, 0.25) is 0 Å². The Morgan fingerprint density at radius 1 is 1.08 bits per heavy atom. The van der Waals surface area contributed by atoms with Gasteiger partial charge in [0, 0.05) is 0 Å². The van der Waals surface area contributed by atoms with Crippen LogP contribution in [-0.2, 0) is 16.1 Å². The van der Waals surface area contributed by atoms with Gasteiger partial charge in [0.15, 0.2) is 0 Å². The smallest absolute Gasteiger partial charge is 0.411 e. The number of hydrogen-bond donors (Lipinski definition) is 1. The zero-order valence-corrected chi connectivity index (χ0v) is 14.5. The number of benzene rings is 2. The number of aliphatic carboxylic acids is 1. The molecular weight excluding hydrogens is 334 g/mol. The van der Waals surface area contributed by atoms with E-state index in [0.29, 0.717) is 18.6 Å². The lowest BCUT2D eigenvalue weighted by Gasteiger charge is -2.28. The number of carbonyl (C=O) groups is 2. The number of hydrogen-bond acceptors (Lipinski definition) is 4. The summed E-state index contributed by atoms with van der Waals surface area (Å²) in [6.07, 6.45) is 0.357. The molecule has 0 bridgehead atoms. The fourth-order valence-corrected chi connectivity index (χ4v) is 3.26. The number of rotatable bonds is 5. The number of ether oxygens (including phenoxy) is 2. The van der Waals surface area contributed by atoms with Gasteiger partial charge in [0.1, 0.15) is 18.4 Å².